The van der Waals surface area contributed by atoms with Gasteiger partial charge in [0.25, 0.3) is 5.91 Å². The smallest absolute Gasteiger partial charge is 0.331 e. The second-order valence-electron chi connectivity index (χ2n) is 6.53. The number of carbonyl (C=O) groups excluding carboxylic acids is 2. The minimum Gasteiger partial charge on any atom is -0.492 e. The fourth-order valence-electron chi connectivity index (χ4n) is 2.88. The molecule has 0 aliphatic rings. The van der Waals surface area contributed by atoms with E-state index in [1.54, 1.807) is 60.7 Å². The summed E-state index contributed by atoms with van der Waals surface area (Å²) >= 11 is 0. The average molecular weight is 419 g/mol. The van der Waals surface area contributed by atoms with Gasteiger partial charge in [-0.15, -0.1) is 0 Å². The van der Waals surface area contributed by atoms with E-state index in [0.717, 1.165) is 6.08 Å². The number of hydrogen-bond donors (Lipinski definition) is 1. The molecule has 0 aliphatic carbocycles. The largest absolute Gasteiger partial charge is 0.492 e. The molecular formula is C25H22FNO4. The quantitative estimate of drug-likeness (QED) is 0.405. The van der Waals surface area contributed by atoms with Crippen LogP contribution in [0, 0.1) is 5.82 Å². The van der Waals surface area contributed by atoms with Gasteiger partial charge in [-0.2, -0.15) is 0 Å². The Morgan fingerprint density at radius 3 is 2.48 bits per heavy atom. The van der Waals surface area contributed by atoms with Gasteiger partial charge in [-0.1, -0.05) is 54.6 Å². The Bertz CT molecular complexity index is 1070. The fraction of sp³-hybridized carbons (Fsp3) is 0.120. The molecule has 0 aliphatic heterocycles. The van der Waals surface area contributed by atoms with E-state index in [-0.39, 0.29) is 0 Å². The van der Waals surface area contributed by atoms with E-state index in [1.165, 1.54) is 24.3 Å². The Kier molecular flexibility index (Phi) is 7.54. The van der Waals surface area contributed by atoms with Crippen LogP contribution in [0.25, 0.3) is 6.08 Å². The van der Waals surface area contributed by atoms with Crippen LogP contribution in [0.15, 0.2) is 84.9 Å². The molecule has 31 heavy (non-hydrogen) atoms. The highest BCUT2D eigenvalue weighted by Gasteiger charge is 2.25. The summed E-state index contributed by atoms with van der Waals surface area (Å²) in [6.45, 7) is 2.28. The van der Waals surface area contributed by atoms with Crippen molar-refractivity contribution in [3.63, 3.8) is 0 Å². The van der Waals surface area contributed by atoms with Gasteiger partial charge in [0.1, 0.15) is 11.6 Å². The number of anilines is 1. The van der Waals surface area contributed by atoms with Crippen LogP contribution in [0.2, 0.25) is 0 Å². The van der Waals surface area contributed by atoms with Gasteiger partial charge in [0.2, 0.25) is 6.10 Å². The van der Waals surface area contributed by atoms with Crippen molar-refractivity contribution in [1.29, 1.82) is 0 Å². The molecule has 1 amide bonds. The zero-order valence-corrected chi connectivity index (χ0v) is 17.0. The maximum Gasteiger partial charge on any atom is 0.331 e. The summed E-state index contributed by atoms with van der Waals surface area (Å²) in [6, 6.07) is 21.5. The van der Waals surface area contributed by atoms with E-state index < -0.39 is 23.8 Å². The number of amides is 1. The van der Waals surface area contributed by atoms with Crippen LogP contribution < -0.4 is 10.1 Å². The van der Waals surface area contributed by atoms with Crippen molar-refractivity contribution in [1.82, 2.24) is 0 Å². The van der Waals surface area contributed by atoms with E-state index in [2.05, 4.69) is 5.32 Å². The first-order valence-corrected chi connectivity index (χ1v) is 9.78. The second-order valence-corrected chi connectivity index (χ2v) is 6.53. The minimum atomic E-state index is -1.18. The normalized spacial score (nSPS) is 11.7. The lowest BCUT2D eigenvalue weighted by molar-refractivity contribution is -0.149. The molecule has 1 N–H and O–H groups in total. The number of rotatable bonds is 8. The minimum absolute atomic E-state index is 0.412. The molecule has 3 rings (SSSR count). The van der Waals surface area contributed by atoms with Crippen LogP contribution in [0.4, 0.5) is 10.1 Å². The number of hydrogen-bond acceptors (Lipinski definition) is 4. The van der Waals surface area contributed by atoms with E-state index in [0.29, 0.717) is 29.2 Å². The molecule has 0 saturated carbocycles. The van der Waals surface area contributed by atoms with Gasteiger partial charge in [-0.25, -0.2) is 9.18 Å². The third-order valence-corrected chi connectivity index (χ3v) is 4.28. The van der Waals surface area contributed by atoms with Gasteiger partial charge < -0.3 is 14.8 Å². The van der Waals surface area contributed by atoms with Gasteiger partial charge in [0.15, 0.2) is 0 Å². The Morgan fingerprint density at radius 1 is 1.00 bits per heavy atom. The molecule has 6 heteroatoms. The lowest BCUT2D eigenvalue weighted by atomic mass is 10.1. The summed E-state index contributed by atoms with van der Waals surface area (Å²) < 4.78 is 24.3. The van der Waals surface area contributed by atoms with Crippen LogP contribution in [0.5, 0.6) is 5.75 Å². The highest BCUT2D eigenvalue weighted by Crippen LogP contribution is 2.26. The number of para-hydroxylation sites is 2. The topological polar surface area (TPSA) is 64.6 Å². The fourth-order valence-corrected chi connectivity index (χ4v) is 2.88. The molecule has 3 aromatic rings. The van der Waals surface area contributed by atoms with Crippen molar-refractivity contribution in [2.75, 3.05) is 11.9 Å². The molecular weight excluding hydrogens is 397 g/mol. The van der Waals surface area contributed by atoms with Crippen molar-refractivity contribution in [3.8, 4) is 5.75 Å². The lowest BCUT2D eigenvalue weighted by Crippen LogP contribution is -2.25. The first-order valence-electron chi connectivity index (χ1n) is 9.78. The Morgan fingerprint density at radius 2 is 1.74 bits per heavy atom. The SMILES string of the molecule is CCOc1ccccc1NC(=O)C(OC(=O)/C=C/c1cccc(F)c1)c1ccccc1. The zero-order valence-electron chi connectivity index (χ0n) is 17.0. The van der Waals surface area contributed by atoms with Crippen molar-refractivity contribution in [2.45, 2.75) is 13.0 Å². The summed E-state index contributed by atoms with van der Waals surface area (Å²) in [4.78, 5) is 25.4. The maximum atomic E-state index is 13.3. The van der Waals surface area contributed by atoms with Crippen molar-refractivity contribution in [2.24, 2.45) is 0 Å². The third-order valence-electron chi connectivity index (χ3n) is 4.28. The maximum absolute atomic E-state index is 13.3. The highest BCUT2D eigenvalue weighted by atomic mass is 19.1. The molecule has 1 atom stereocenters. The van der Waals surface area contributed by atoms with Crippen LogP contribution >= 0.6 is 0 Å². The summed E-state index contributed by atoms with van der Waals surface area (Å²) in [5.41, 5.74) is 1.49. The molecule has 1 unspecified atom stereocenters. The van der Waals surface area contributed by atoms with Crippen LogP contribution in [0.3, 0.4) is 0 Å². The van der Waals surface area contributed by atoms with Gasteiger partial charge in [0.05, 0.1) is 12.3 Å². The molecule has 0 bridgehead atoms. The first-order chi connectivity index (χ1) is 15.1. The van der Waals surface area contributed by atoms with Gasteiger partial charge in [0, 0.05) is 11.6 Å². The zero-order chi connectivity index (χ0) is 22.1. The molecule has 158 valence electrons. The van der Waals surface area contributed by atoms with E-state index in [4.69, 9.17) is 9.47 Å². The summed E-state index contributed by atoms with van der Waals surface area (Å²) in [6.07, 6.45) is 1.41. The second kappa shape index (κ2) is 10.7. The van der Waals surface area contributed by atoms with E-state index >= 15 is 0 Å². The molecule has 0 radical (unpaired) electrons. The average Bonchev–Trinajstić information content (AvgIpc) is 2.78. The number of carbonyl (C=O) groups is 2. The van der Waals surface area contributed by atoms with Gasteiger partial charge in [-0.05, 0) is 42.8 Å². The third kappa shape index (κ3) is 6.27. The van der Waals surface area contributed by atoms with Crippen molar-refractivity contribution in [3.05, 3.63) is 102 Å². The Hall–Kier alpha value is -3.93. The summed E-state index contributed by atoms with van der Waals surface area (Å²) in [5.74, 6) is -1.15. The summed E-state index contributed by atoms with van der Waals surface area (Å²) in [7, 11) is 0. The van der Waals surface area contributed by atoms with Crippen LogP contribution in [0.1, 0.15) is 24.2 Å². The van der Waals surface area contributed by atoms with Crippen LogP contribution in [-0.2, 0) is 14.3 Å². The van der Waals surface area contributed by atoms with Crippen molar-refractivity contribution < 1.29 is 23.5 Å². The molecule has 0 fully saturated rings. The van der Waals surface area contributed by atoms with Gasteiger partial charge >= 0.3 is 5.97 Å². The molecule has 3 aromatic carbocycles. The number of benzene rings is 3. The molecule has 0 aromatic heterocycles. The lowest BCUT2D eigenvalue weighted by Gasteiger charge is -2.18. The Balaban J connectivity index is 1.79. The number of halogens is 1. The van der Waals surface area contributed by atoms with Gasteiger partial charge in [-0.3, -0.25) is 4.79 Å². The van der Waals surface area contributed by atoms with Crippen molar-refractivity contribution >= 4 is 23.6 Å². The predicted octanol–water partition coefficient (Wildman–Crippen LogP) is 5.16. The first kappa shape index (κ1) is 21.8. The molecule has 0 saturated heterocycles. The van der Waals surface area contributed by atoms with E-state index in [9.17, 15) is 14.0 Å². The van der Waals surface area contributed by atoms with Crippen LogP contribution in [-0.4, -0.2) is 18.5 Å². The monoisotopic (exact) mass is 419 g/mol. The standard InChI is InChI=1S/C25H22FNO4/c1-2-30-22-14-7-6-13-21(22)27-25(29)24(19-10-4-3-5-11-19)31-23(28)16-15-18-9-8-12-20(26)17-18/h3-17,24H,2H2,1H3,(H,27,29)/b16-15+. The predicted molar refractivity (Wildman–Crippen MR) is 117 cm³/mol. The Labute approximate surface area is 180 Å². The number of ether oxygens (including phenoxy) is 2. The number of nitrogens with one attached hydrogen (secondary N) is 1. The molecule has 0 heterocycles. The highest BCUT2D eigenvalue weighted by molar-refractivity contribution is 5.98. The van der Waals surface area contributed by atoms with E-state index in [1.807, 2.05) is 6.92 Å². The number of esters is 1. The molecule has 0 spiro atoms. The molecule has 5 nitrogen and oxygen atoms in total. The summed E-state index contributed by atoms with van der Waals surface area (Å²) in [5, 5.41) is 2.77.